The number of carbonyl (C=O) groups is 1. The van der Waals surface area contributed by atoms with E-state index in [1.807, 2.05) is 23.1 Å². The van der Waals surface area contributed by atoms with E-state index < -0.39 is 11.6 Å². The van der Waals surface area contributed by atoms with E-state index in [9.17, 15) is 13.6 Å². The van der Waals surface area contributed by atoms with E-state index in [1.165, 1.54) is 12.1 Å². The van der Waals surface area contributed by atoms with E-state index >= 15 is 0 Å². The molecule has 2 aliphatic rings. The van der Waals surface area contributed by atoms with Crippen LogP contribution in [0.25, 0.3) is 6.08 Å². The van der Waals surface area contributed by atoms with Crippen LogP contribution in [0.5, 0.6) is 5.75 Å². The zero-order chi connectivity index (χ0) is 25.3. The lowest BCUT2D eigenvalue weighted by molar-refractivity contribution is 0.0977. The highest BCUT2D eigenvalue weighted by atomic mass is 35.5. The normalized spacial score (nSPS) is 17.1. The number of likely N-dealkylation sites (tertiary alicyclic amines) is 1. The maximum Gasteiger partial charge on any atom is 0.258 e. The van der Waals surface area contributed by atoms with E-state index in [-0.39, 0.29) is 16.5 Å². The Morgan fingerprint density at radius 1 is 1.14 bits per heavy atom. The number of rotatable bonds is 5. The second kappa shape index (κ2) is 9.99. The van der Waals surface area contributed by atoms with Gasteiger partial charge in [-0.1, -0.05) is 23.8 Å². The quantitative estimate of drug-likeness (QED) is 0.412. The Morgan fingerprint density at radius 3 is 2.67 bits per heavy atom. The number of anilines is 1. The summed E-state index contributed by atoms with van der Waals surface area (Å²) in [6.45, 7) is 2.90. The predicted molar refractivity (Wildman–Crippen MR) is 137 cm³/mol. The summed E-state index contributed by atoms with van der Waals surface area (Å²) < 4.78 is 32.5. The Hall–Kier alpha value is -3.29. The number of piperidine rings is 1. The number of hydrogen-bond acceptors (Lipinski definition) is 4. The molecule has 2 aliphatic heterocycles. The highest BCUT2D eigenvalue weighted by Gasteiger charge is 2.46. The Kier molecular flexibility index (Phi) is 6.77. The number of fused-ring (bicyclic) bond motifs is 2. The standard InChI is InChI=1S/C28H26ClF2N3O2/c1-36-22-6-7-25-23(17-22)28(18-34(25)27(35)20-8-11-32-26(29)15-20)9-13-33(14-10-28)12-2-3-19-4-5-21(30)16-24(19)31/h2-8,11,15-17H,9-10,12-14,18H2,1H3/b3-2+. The van der Waals surface area contributed by atoms with E-state index in [2.05, 4.69) is 16.0 Å². The molecular formula is C28H26ClF2N3O2. The second-order valence-electron chi connectivity index (χ2n) is 9.29. The van der Waals surface area contributed by atoms with Crippen LogP contribution in [0.2, 0.25) is 5.15 Å². The van der Waals surface area contributed by atoms with Gasteiger partial charge in [0.15, 0.2) is 0 Å². The molecule has 0 N–H and O–H groups in total. The molecule has 3 heterocycles. The number of benzene rings is 2. The van der Waals surface area contributed by atoms with Gasteiger partial charge in [-0.15, -0.1) is 0 Å². The van der Waals surface area contributed by atoms with Gasteiger partial charge in [0.1, 0.15) is 22.5 Å². The smallest absolute Gasteiger partial charge is 0.258 e. The van der Waals surface area contributed by atoms with Crippen LogP contribution in [0.3, 0.4) is 0 Å². The molecule has 5 nitrogen and oxygen atoms in total. The van der Waals surface area contributed by atoms with Crippen molar-refractivity contribution in [3.05, 3.63) is 94.3 Å². The summed E-state index contributed by atoms with van der Waals surface area (Å²) in [4.78, 5) is 21.6. The Bertz CT molecular complexity index is 1320. The number of ether oxygens (including phenoxy) is 1. The Balaban J connectivity index is 1.33. The first kappa shape index (κ1) is 24.4. The minimum absolute atomic E-state index is 0.103. The van der Waals surface area contributed by atoms with Crippen molar-refractivity contribution in [3.63, 3.8) is 0 Å². The average molecular weight is 510 g/mol. The van der Waals surface area contributed by atoms with Crippen molar-refractivity contribution in [2.45, 2.75) is 18.3 Å². The molecule has 1 saturated heterocycles. The fourth-order valence-corrected chi connectivity index (χ4v) is 5.38. The Morgan fingerprint density at radius 2 is 1.94 bits per heavy atom. The summed E-state index contributed by atoms with van der Waals surface area (Å²) in [5.41, 5.74) is 2.71. The van der Waals surface area contributed by atoms with Crippen LogP contribution < -0.4 is 9.64 Å². The summed E-state index contributed by atoms with van der Waals surface area (Å²) in [5, 5.41) is 0.284. The molecule has 0 atom stereocenters. The Labute approximate surface area is 214 Å². The van der Waals surface area contributed by atoms with Crippen LogP contribution in [-0.4, -0.2) is 49.1 Å². The molecule has 1 amide bonds. The molecule has 1 aromatic heterocycles. The molecule has 0 bridgehead atoms. The van der Waals surface area contributed by atoms with Crippen molar-refractivity contribution < 1.29 is 18.3 Å². The van der Waals surface area contributed by atoms with Gasteiger partial charge in [0.05, 0.1) is 7.11 Å². The third kappa shape index (κ3) is 4.73. The summed E-state index contributed by atoms with van der Waals surface area (Å²) >= 11 is 6.04. The number of amides is 1. The van der Waals surface area contributed by atoms with Crippen molar-refractivity contribution in [1.82, 2.24) is 9.88 Å². The van der Waals surface area contributed by atoms with Crippen molar-refractivity contribution in [3.8, 4) is 5.75 Å². The molecule has 8 heteroatoms. The van der Waals surface area contributed by atoms with Gasteiger partial charge in [0.2, 0.25) is 0 Å². The van der Waals surface area contributed by atoms with Gasteiger partial charge in [0.25, 0.3) is 5.91 Å². The number of nitrogens with zero attached hydrogens (tertiary/aromatic N) is 3. The average Bonchev–Trinajstić information content (AvgIpc) is 3.19. The fraction of sp³-hybridized carbons (Fsp3) is 0.286. The van der Waals surface area contributed by atoms with Crippen LogP contribution in [-0.2, 0) is 5.41 Å². The lowest BCUT2D eigenvalue weighted by Crippen LogP contribution is -2.46. The monoisotopic (exact) mass is 509 g/mol. The summed E-state index contributed by atoms with van der Waals surface area (Å²) in [6, 6.07) is 12.8. The molecule has 0 radical (unpaired) electrons. The molecule has 186 valence electrons. The number of methoxy groups -OCH3 is 1. The third-order valence-corrected chi connectivity index (χ3v) is 7.39. The maximum absolute atomic E-state index is 13.9. The topological polar surface area (TPSA) is 45.7 Å². The van der Waals surface area contributed by atoms with Crippen molar-refractivity contribution >= 4 is 29.3 Å². The molecular weight excluding hydrogens is 484 g/mol. The van der Waals surface area contributed by atoms with E-state index in [0.29, 0.717) is 24.2 Å². The fourth-order valence-electron chi connectivity index (χ4n) is 5.20. The van der Waals surface area contributed by atoms with E-state index in [0.717, 1.165) is 49.0 Å². The molecule has 2 aromatic carbocycles. The van der Waals surface area contributed by atoms with Gasteiger partial charge >= 0.3 is 0 Å². The summed E-state index contributed by atoms with van der Waals surface area (Å²) in [6.07, 6.45) is 6.87. The van der Waals surface area contributed by atoms with Gasteiger partial charge in [0, 0.05) is 47.6 Å². The minimum atomic E-state index is -0.584. The van der Waals surface area contributed by atoms with E-state index in [4.69, 9.17) is 16.3 Å². The number of hydrogen-bond donors (Lipinski definition) is 0. The van der Waals surface area contributed by atoms with Crippen LogP contribution in [0.1, 0.15) is 34.3 Å². The largest absolute Gasteiger partial charge is 0.497 e. The molecule has 0 saturated carbocycles. The van der Waals surface area contributed by atoms with Gasteiger partial charge in [-0.2, -0.15) is 0 Å². The molecule has 3 aromatic rings. The number of carbonyl (C=O) groups excluding carboxylic acids is 1. The lowest BCUT2D eigenvalue weighted by Gasteiger charge is -2.39. The molecule has 0 unspecified atom stereocenters. The van der Waals surface area contributed by atoms with Gasteiger partial charge < -0.3 is 9.64 Å². The van der Waals surface area contributed by atoms with Gasteiger partial charge in [-0.3, -0.25) is 9.69 Å². The number of pyridine rings is 1. The molecule has 0 aliphatic carbocycles. The third-order valence-electron chi connectivity index (χ3n) is 7.18. The predicted octanol–water partition coefficient (Wildman–Crippen LogP) is 5.73. The van der Waals surface area contributed by atoms with Crippen LogP contribution >= 0.6 is 11.6 Å². The molecule has 1 spiro atoms. The van der Waals surface area contributed by atoms with Crippen molar-refractivity contribution in [2.75, 3.05) is 38.2 Å². The van der Waals surface area contributed by atoms with Crippen molar-refractivity contribution in [1.29, 1.82) is 0 Å². The number of halogens is 3. The minimum Gasteiger partial charge on any atom is -0.497 e. The van der Waals surface area contributed by atoms with Crippen molar-refractivity contribution in [2.24, 2.45) is 0 Å². The highest BCUT2D eigenvalue weighted by molar-refractivity contribution is 6.29. The maximum atomic E-state index is 13.9. The summed E-state index contributed by atoms with van der Waals surface area (Å²) in [5.74, 6) is -0.491. The lowest BCUT2D eigenvalue weighted by atomic mass is 9.74. The van der Waals surface area contributed by atoms with E-state index in [1.54, 1.807) is 31.5 Å². The van der Waals surface area contributed by atoms with Gasteiger partial charge in [-0.25, -0.2) is 13.8 Å². The van der Waals surface area contributed by atoms with Gasteiger partial charge in [-0.05, 0) is 74.0 Å². The molecule has 5 rings (SSSR count). The van der Waals surface area contributed by atoms with Crippen LogP contribution in [0.15, 0.2) is 60.8 Å². The van der Waals surface area contributed by atoms with Crippen LogP contribution in [0.4, 0.5) is 14.5 Å². The molecule has 1 fully saturated rings. The first-order valence-corrected chi connectivity index (χ1v) is 12.2. The number of aromatic nitrogens is 1. The second-order valence-corrected chi connectivity index (χ2v) is 9.68. The first-order valence-electron chi connectivity index (χ1n) is 11.8. The first-order chi connectivity index (χ1) is 17.4. The van der Waals surface area contributed by atoms with Crippen LogP contribution in [0, 0.1) is 11.6 Å². The highest BCUT2D eigenvalue weighted by Crippen LogP contribution is 2.48. The zero-order valence-electron chi connectivity index (χ0n) is 19.9. The summed E-state index contributed by atoms with van der Waals surface area (Å²) in [7, 11) is 1.64. The zero-order valence-corrected chi connectivity index (χ0v) is 20.6. The molecule has 36 heavy (non-hydrogen) atoms. The SMILES string of the molecule is COc1ccc2c(c1)C1(CCN(C/C=C/c3ccc(F)cc3F)CC1)CN2C(=O)c1ccnc(Cl)c1.